The van der Waals surface area contributed by atoms with Gasteiger partial charge in [0.25, 0.3) is 0 Å². The summed E-state index contributed by atoms with van der Waals surface area (Å²) >= 11 is 0. The van der Waals surface area contributed by atoms with Crippen LogP contribution in [0.15, 0.2) is 18.2 Å². The molecule has 0 amide bonds. The first-order valence-corrected chi connectivity index (χ1v) is 18.7. The summed E-state index contributed by atoms with van der Waals surface area (Å²) in [5, 5.41) is 0. The van der Waals surface area contributed by atoms with E-state index in [4.69, 9.17) is 59.8 Å². The van der Waals surface area contributed by atoms with Gasteiger partial charge in [-0.25, -0.2) is 0 Å². The lowest BCUT2D eigenvalue weighted by Gasteiger charge is -2.59. The number of hydrogen-bond donors (Lipinski definition) is 3. The molecule has 0 spiro atoms. The molecule has 3 unspecified atom stereocenters. The Kier molecular flexibility index (Phi) is 11.6. The van der Waals surface area contributed by atoms with Crippen LogP contribution in [0.2, 0.25) is 0 Å². The minimum atomic E-state index is -1.24. The molecule has 6 rings (SSSR count). The maximum absolute atomic E-state index is 7.93. The molecule has 0 aliphatic carbocycles. The second-order valence-corrected chi connectivity index (χ2v) is 15.3. The Bertz CT molecular complexity index is 1770. The summed E-state index contributed by atoms with van der Waals surface area (Å²) in [6, 6.07) is 5.44. The number of benzene rings is 3. The molecule has 0 radical (unpaired) electrons. The van der Waals surface area contributed by atoms with Crippen molar-refractivity contribution in [3.05, 3.63) is 68.3 Å². The predicted molar refractivity (Wildman–Crippen MR) is 207 cm³/mol. The van der Waals surface area contributed by atoms with Crippen molar-refractivity contribution in [1.82, 2.24) is 0 Å². The van der Waals surface area contributed by atoms with E-state index in [0.29, 0.717) is 94.7 Å². The molecule has 54 heavy (non-hydrogen) atoms. The van der Waals surface area contributed by atoms with Gasteiger partial charge in [-0.2, -0.15) is 0 Å². The summed E-state index contributed by atoms with van der Waals surface area (Å²) in [4.78, 5) is 0. The zero-order valence-electron chi connectivity index (χ0n) is 33.5. The van der Waals surface area contributed by atoms with Gasteiger partial charge < -0.3 is 59.8 Å². The van der Waals surface area contributed by atoms with Gasteiger partial charge in [0.15, 0.2) is 0 Å². The molecule has 12 nitrogen and oxygen atoms in total. The molecule has 0 aromatic heterocycles. The zero-order chi connectivity index (χ0) is 39.0. The Morgan fingerprint density at radius 3 is 1.24 bits per heavy atom. The second-order valence-electron chi connectivity index (χ2n) is 15.3. The molecule has 3 aromatic rings. The van der Waals surface area contributed by atoms with Crippen molar-refractivity contribution in [3.63, 3.8) is 0 Å². The Balaban J connectivity index is 1.65. The van der Waals surface area contributed by atoms with Gasteiger partial charge in [0, 0.05) is 72.6 Å². The molecule has 0 saturated carbocycles. The van der Waals surface area contributed by atoms with Crippen LogP contribution < -0.4 is 45.6 Å². The van der Waals surface area contributed by atoms with Gasteiger partial charge in [0.2, 0.25) is 0 Å². The van der Waals surface area contributed by atoms with E-state index in [1.165, 1.54) is 0 Å². The molecule has 3 atom stereocenters. The normalized spacial score (nSPS) is 19.1. The number of rotatable bonds is 14. The fourth-order valence-electron chi connectivity index (χ4n) is 10.1. The number of methoxy groups -OCH3 is 6. The fourth-order valence-corrected chi connectivity index (χ4v) is 10.1. The first-order chi connectivity index (χ1) is 25.8. The molecule has 3 aromatic carbocycles. The van der Waals surface area contributed by atoms with E-state index < -0.39 is 22.5 Å². The van der Waals surface area contributed by atoms with Crippen LogP contribution in [0.3, 0.4) is 0 Å². The van der Waals surface area contributed by atoms with E-state index >= 15 is 0 Å². The number of fused-ring (bicyclic) bond motifs is 3. The van der Waals surface area contributed by atoms with Gasteiger partial charge >= 0.3 is 0 Å². The highest BCUT2D eigenvalue weighted by atomic mass is 16.5. The third-order valence-electron chi connectivity index (χ3n) is 12.0. The summed E-state index contributed by atoms with van der Waals surface area (Å²) in [6.45, 7) is 8.92. The lowest BCUT2D eigenvalue weighted by atomic mass is 9.50. The monoisotopic (exact) mass is 749 g/mol. The maximum atomic E-state index is 7.93. The maximum Gasteiger partial charge on any atom is 0.128 e. The molecule has 6 N–H and O–H groups in total. The van der Waals surface area contributed by atoms with E-state index in [0.717, 1.165) is 61.6 Å². The van der Waals surface area contributed by atoms with Crippen molar-refractivity contribution < 1.29 is 42.6 Å². The van der Waals surface area contributed by atoms with Crippen molar-refractivity contribution in [2.24, 2.45) is 17.2 Å². The Hall–Kier alpha value is -3.78. The van der Waals surface area contributed by atoms with Gasteiger partial charge in [0.05, 0.1) is 82.3 Å². The molecular weight excluding hydrogens is 690 g/mol. The van der Waals surface area contributed by atoms with E-state index in [1.807, 2.05) is 39.0 Å². The van der Waals surface area contributed by atoms with Crippen molar-refractivity contribution >= 4 is 0 Å². The Morgan fingerprint density at radius 1 is 0.556 bits per heavy atom. The van der Waals surface area contributed by atoms with Gasteiger partial charge in [-0.3, -0.25) is 0 Å². The first kappa shape index (κ1) is 39.9. The topological polar surface area (TPSA) is 161 Å². The van der Waals surface area contributed by atoms with Crippen molar-refractivity contribution in [2.75, 3.05) is 62.5 Å². The first-order valence-electron chi connectivity index (χ1n) is 18.7. The quantitative estimate of drug-likeness (QED) is 0.213. The molecule has 296 valence electrons. The van der Waals surface area contributed by atoms with Crippen LogP contribution in [0, 0.1) is 0 Å². The van der Waals surface area contributed by atoms with Crippen LogP contribution in [-0.4, -0.2) is 79.6 Å². The Labute approximate surface area is 319 Å². The lowest BCUT2D eigenvalue weighted by Crippen LogP contribution is -2.77. The average Bonchev–Trinajstić information content (AvgIpc) is 3.16. The Morgan fingerprint density at radius 2 is 0.907 bits per heavy atom. The standard InChI is InChI=1S/C42H59N3O9/c1-24(43)42(33-18-36(48-6)29-12-15-54-23-32(29)39(33)51-9,40(2,44)19-25-16-34(46-4)27-10-13-52-21-30(27)37(25)49-7)41(3,45)20-26-17-35(47-5)28-11-14-53-22-31(28)38(26)50-8/h16-18,24H,10-15,19-23,43-45H2,1-9H3. The highest BCUT2D eigenvalue weighted by Crippen LogP contribution is 2.55. The summed E-state index contributed by atoms with van der Waals surface area (Å²) in [7, 11) is 10.1. The van der Waals surface area contributed by atoms with Gasteiger partial charge in [-0.1, -0.05) is 0 Å². The third-order valence-corrected chi connectivity index (χ3v) is 12.0. The third kappa shape index (κ3) is 6.44. The zero-order valence-corrected chi connectivity index (χ0v) is 33.5. The molecule has 0 saturated heterocycles. The predicted octanol–water partition coefficient (Wildman–Crippen LogP) is 4.46. The number of hydrogen-bond acceptors (Lipinski definition) is 12. The summed E-state index contributed by atoms with van der Waals surface area (Å²) in [5.41, 5.74) is 28.1. The molecular formula is C42H59N3O9. The largest absolute Gasteiger partial charge is 0.496 e. The van der Waals surface area contributed by atoms with Crippen LogP contribution in [0.1, 0.15) is 70.8 Å². The van der Waals surface area contributed by atoms with Crippen LogP contribution in [0.4, 0.5) is 0 Å². The summed E-state index contributed by atoms with van der Waals surface area (Å²) in [5.74, 6) is 4.28. The molecule has 3 aliphatic heterocycles. The minimum Gasteiger partial charge on any atom is -0.496 e. The smallest absolute Gasteiger partial charge is 0.128 e. The average molecular weight is 750 g/mol. The minimum absolute atomic E-state index is 0.297. The SMILES string of the molecule is COc1cc(CC(C)(N)C(c2cc(OC)c3c(c2OC)COCC3)(C(C)N)C(C)(N)Cc2cc(OC)c3c(c2OC)COCC3)c(OC)c2c1CCOC2. The summed E-state index contributed by atoms with van der Waals surface area (Å²) < 4.78 is 54.6. The highest BCUT2D eigenvalue weighted by molar-refractivity contribution is 5.62. The van der Waals surface area contributed by atoms with E-state index in [2.05, 4.69) is 0 Å². The van der Waals surface area contributed by atoms with Crippen LogP contribution in [0.5, 0.6) is 34.5 Å². The van der Waals surface area contributed by atoms with E-state index in [-0.39, 0.29) is 0 Å². The number of ether oxygens (including phenoxy) is 9. The highest BCUT2D eigenvalue weighted by Gasteiger charge is 2.61. The lowest BCUT2D eigenvalue weighted by molar-refractivity contribution is 0.0880. The van der Waals surface area contributed by atoms with Gasteiger partial charge in [0.1, 0.15) is 34.5 Å². The van der Waals surface area contributed by atoms with Crippen molar-refractivity contribution in [2.45, 2.75) is 95.2 Å². The molecule has 0 fully saturated rings. The second kappa shape index (κ2) is 15.8. The van der Waals surface area contributed by atoms with Gasteiger partial charge in [-0.05, 0) is 71.1 Å². The van der Waals surface area contributed by atoms with Crippen LogP contribution in [-0.2, 0) is 71.6 Å². The van der Waals surface area contributed by atoms with Crippen LogP contribution >= 0.6 is 0 Å². The molecule has 3 heterocycles. The van der Waals surface area contributed by atoms with Crippen LogP contribution in [0.25, 0.3) is 0 Å². The van der Waals surface area contributed by atoms with E-state index in [9.17, 15) is 0 Å². The molecule has 0 bridgehead atoms. The van der Waals surface area contributed by atoms with Crippen molar-refractivity contribution in [3.8, 4) is 34.5 Å². The molecule has 3 aliphatic rings. The van der Waals surface area contributed by atoms with Gasteiger partial charge in [-0.15, -0.1) is 0 Å². The molecule has 12 heteroatoms. The number of nitrogens with two attached hydrogens (primary N) is 3. The summed E-state index contributed by atoms with van der Waals surface area (Å²) in [6.07, 6.45) is 2.69. The van der Waals surface area contributed by atoms with Crippen molar-refractivity contribution in [1.29, 1.82) is 0 Å². The van der Waals surface area contributed by atoms with E-state index in [1.54, 1.807) is 42.7 Å². The fraction of sp³-hybridized carbons (Fsp3) is 0.571.